The van der Waals surface area contributed by atoms with Gasteiger partial charge in [-0.05, 0) is 29.8 Å². The lowest BCUT2D eigenvalue weighted by Gasteiger charge is -2.23. The largest absolute Gasteiger partial charge is 0.491 e. The first kappa shape index (κ1) is 18.4. The van der Waals surface area contributed by atoms with Gasteiger partial charge in [-0.3, -0.25) is 14.6 Å². The van der Waals surface area contributed by atoms with Gasteiger partial charge in [0.25, 0.3) is 0 Å². The van der Waals surface area contributed by atoms with Gasteiger partial charge in [0, 0.05) is 31.3 Å². The molecule has 1 aromatic heterocycles. The highest BCUT2D eigenvalue weighted by Gasteiger charge is 2.37. The van der Waals surface area contributed by atoms with Gasteiger partial charge in [-0.1, -0.05) is 12.1 Å². The second-order valence-corrected chi connectivity index (χ2v) is 7.20. The van der Waals surface area contributed by atoms with Crippen LogP contribution < -0.4 is 4.74 Å². The van der Waals surface area contributed by atoms with Crippen molar-refractivity contribution in [3.63, 3.8) is 0 Å². The lowest BCUT2D eigenvalue weighted by molar-refractivity contribution is -0.136. The average molecular weight is 381 g/mol. The van der Waals surface area contributed by atoms with Gasteiger partial charge in [-0.15, -0.1) is 0 Å². The van der Waals surface area contributed by atoms with Crippen LogP contribution in [0, 0.1) is 5.92 Å². The fourth-order valence-corrected chi connectivity index (χ4v) is 3.77. The summed E-state index contributed by atoms with van der Waals surface area (Å²) in [5, 5.41) is 9.37. The van der Waals surface area contributed by atoms with E-state index < -0.39 is 0 Å². The zero-order valence-corrected chi connectivity index (χ0v) is 15.6. The molecule has 4 rings (SSSR count). The number of rotatable bonds is 4. The summed E-state index contributed by atoms with van der Waals surface area (Å²) in [5.74, 6) is 0.353. The predicted molar refractivity (Wildman–Crippen MR) is 101 cm³/mol. The molecule has 2 amide bonds. The number of likely N-dealkylation sites (tertiary alicyclic amines) is 1. The summed E-state index contributed by atoms with van der Waals surface area (Å²) >= 11 is 0. The third-order valence-electron chi connectivity index (χ3n) is 5.24. The van der Waals surface area contributed by atoms with Crippen LogP contribution in [0.5, 0.6) is 5.75 Å². The minimum absolute atomic E-state index is 0.0157. The summed E-state index contributed by atoms with van der Waals surface area (Å²) in [4.78, 5) is 33.2. The van der Waals surface area contributed by atoms with E-state index in [-0.39, 0.29) is 30.8 Å². The summed E-state index contributed by atoms with van der Waals surface area (Å²) < 4.78 is 5.75. The highest BCUT2D eigenvalue weighted by atomic mass is 16.5. The van der Waals surface area contributed by atoms with Crippen LogP contribution in [-0.2, 0) is 29.3 Å². The number of carbonyl (C=O) groups is 2. The van der Waals surface area contributed by atoms with E-state index in [1.807, 2.05) is 36.4 Å². The quantitative estimate of drug-likeness (QED) is 0.864. The maximum atomic E-state index is 13.1. The molecule has 2 aliphatic rings. The standard InChI is InChI=1S/C21H23N3O4/c25-14-15-4-5-19-16(9-15)11-23(7-8-28-19)21(27)17-10-20(26)24(12-17)13-18-3-1-2-6-22-18/h1-6,9,17,25H,7-8,10-14H2. The van der Waals surface area contributed by atoms with Crippen molar-refractivity contribution < 1.29 is 19.4 Å². The van der Waals surface area contributed by atoms with Crippen LogP contribution in [0.1, 0.15) is 23.2 Å². The second-order valence-electron chi connectivity index (χ2n) is 7.20. The van der Waals surface area contributed by atoms with Crippen molar-refractivity contribution in [1.29, 1.82) is 0 Å². The number of carbonyl (C=O) groups excluding carboxylic acids is 2. The Bertz CT molecular complexity index is 871. The first-order valence-corrected chi connectivity index (χ1v) is 9.46. The van der Waals surface area contributed by atoms with Crippen molar-refractivity contribution >= 4 is 11.8 Å². The summed E-state index contributed by atoms with van der Waals surface area (Å²) in [7, 11) is 0. The van der Waals surface area contributed by atoms with Gasteiger partial charge >= 0.3 is 0 Å². The molecule has 2 aliphatic heterocycles. The molecular weight excluding hydrogens is 358 g/mol. The van der Waals surface area contributed by atoms with Gasteiger partial charge in [0.1, 0.15) is 12.4 Å². The maximum Gasteiger partial charge on any atom is 0.228 e. The Morgan fingerprint density at radius 1 is 1.29 bits per heavy atom. The molecule has 1 fully saturated rings. The van der Waals surface area contributed by atoms with Crippen molar-refractivity contribution in [3.05, 3.63) is 59.4 Å². The summed E-state index contributed by atoms with van der Waals surface area (Å²) in [6.07, 6.45) is 1.93. The van der Waals surface area contributed by atoms with Crippen LogP contribution in [0.25, 0.3) is 0 Å². The van der Waals surface area contributed by atoms with E-state index in [1.165, 1.54) is 0 Å². The lowest BCUT2D eigenvalue weighted by Crippen LogP contribution is -2.38. The third-order valence-corrected chi connectivity index (χ3v) is 5.24. The van der Waals surface area contributed by atoms with Gasteiger partial charge in [0.05, 0.1) is 31.3 Å². The highest BCUT2D eigenvalue weighted by Crippen LogP contribution is 2.27. The average Bonchev–Trinajstić information content (AvgIpc) is 2.95. The number of aromatic nitrogens is 1. The molecular formula is C21H23N3O4. The van der Waals surface area contributed by atoms with E-state index in [0.29, 0.717) is 32.8 Å². The Morgan fingerprint density at radius 2 is 2.18 bits per heavy atom. The molecule has 1 unspecified atom stereocenters. The van der Waals surface area contributed by atoms with Gasteiger partial charge in [-0.2, -0.15) is 0 Å². The molecule has 0 bridgehead atoms. The van der Waals surface area contributed by atoms with E-state index >= 15 is 0 Å². The Balaban J connectivity index is 1.44. The number of aliphatic hydroxyl groups excluding tert-OH is 1. The third kappa shape index (κ3) is 3.84. The molecule has 1 aromatic carbocycles. The maximum absolute atomic E-state index is 13.1. The number of pyridine rings is 1. The minimum Gasteiger partial charge on any atom is -0.491 e. The number of hydrogen-bond acceptors (Lipinski definition) is 5. The lowest BCUT2D eigenvalue weighted by atomic mass is 10.1. The van der Waals surface area contributed by atoms with E-state index in [2.05, 4.69) is 4.98 Å². The Morgan fingerprint density at radius 3 is 2.96 bits per heavy atom. The van der Waals surface area contributed by atoms with Crippen LogP contribution in [0.15, 0.2) is 42.6 Å². The molecule has 2 aromatic rings. The molecule has 7 nitrogen and oxygen atoms in total. The van der Waals surface area contributed by atoms with Gasteiger partial charge in [-0.25, -0.2) is 0 Å². The number of aliphatic hydroxyl groups is 1. The molecule has 0 aliphatic carbocycles. The van der Waals surface area contributed by atoms with Crippen molar-refractivity contribution in [3.8, 4) is 5.75 Å². The van der Waals surface area contributed by atoms with Crippen LogP contribution >= 0.6 is 0 Å². The fraction of sp³-hybridized carbons (Fsp3) is 0.381. The number of benzene rings is 1. The van der Waals surface area contributed by atoms with Gasteiger partial charge < -0.3 is 19.6 Å². The van der Waals surface area contributed by atoms with E-state index in [4.69, 9.17) is 4.74 Å². The number of amides is 2. The first-order valence-electron chi connectivity index (χ1n) is 9.46. The van der Waals surface area contributed by atoms with Crippen molar-refractivity contribution in [2.45, 2.75) is 26.1 Å². The summed E-state index contributed by atoms with van der Waals surface area (Å²) in [6, 6.07) is 11.1. The van der Waals surface area contributed by atoms with Crippen LogP contribution in [0.2, 0.25) is 0 Å². The minimum atomic E-state index is -0.348. The Kier molecular flexibility index (Phi) is 5.25. The molecule has 28 heavy (non-hydrogen) atoms. The summed E-state index contributed by atoms with van der Waals surface area (Å²) in [5.41, 5.74) is 2.49. The number of ether oxygens (including phenoxy) is 1. The van der Waals surface area contributed by atoms with Crippen molar-refractivity contribution in [2.75, 3.05) is 19.7 Å². The zero-order valence-electron chi connectivity index (χ0n) is 15.6. The molecule has 0 saturated carbocycles. The Labute approximate surface area is 163 Å². The molecule has 0 spiro atoms. The van der Waals surface area contributed by atoms with Crippen LogP contribution in [-0.4, -0.2) is 51.4 Å². The molecule has 1 atom stereocenters. The molecule has 0 radical (unpaired) electrons. The zero-order chi connectivity index (χ0) is 19.5. The van der Waals surface area contributed by atoms with Crippen LogP contribution in [0.3, 0.4) is 0 Å². The Hall–Kier alpha value is -2.93. The normalized spacial score (nSPS) is 19.2. The molecule has 1 saturated heterocycles. The fourth-order valence-electron chi connectivity index (χ4n) is 3.77. The number of fused-ring (bicyclic) bond motifs is 1. The molecule has 3 heterocycles. The number of hydrogen-bond donors (Lipinski definition) is 1. The predicted octanol–water partition coefficient (Wildman–Crippen LogP) is 1.34. The second kappa shape index (κ2) is 7.98. The van der Waals surface area contributed by atoms with Gasteiger partial charge in [0.2, 0.25) is 11.8 Å². The van der Waals surface area contributed by atoms with Crippen molar-refractivity contribution in [1.82, 2.24) is 14.8 Å². The highest BCUT2D eigenvalue weighted by molar-refractivity contribution is 5.89. The SMILES string of the molecule is O=C1CC(C(=O)N2CCOc3ccc(CO)cc3C2)CN1Cc1ccccn1. The van der Waals surface area contributed by atoms with E-state index in [9.17, 15) is 14.7 Å². The monoisotopic (exact) mass is 381 g/mol. The van der Waals surface area contributed by atoms with E-state index in [0.717, 1.165) is 22.6 Å². The summed E-state index contributed by atoms with van der Waals surface area (Å²) in [6.45, 7) is 2.10. The topological polar surface area (TPSA) is 83.0 Å². The van der Waals surface area contributed by atoms with Gasteiger partial charge in [0.15, 0.2) is 0 Å². The van der Waals surface area contributed by atoms with Crippen molar-refractivity contribution in [2.24, 2.45) is 5.92 Å². The number of nitrogens with zero attached hydrogens (tertiary/aromatic N) is 3. The van der Waals surface area contributed by atoms with Crippen LogP contribution in [0.4, 0.5) is 0 Å². The molecule has 1 N–H and O–H groups in total. The smallest absolute Gasteiger partial charge is 0.228 e. The first-order chi connectivity index (χ1) is 13.6. The van der Waals surface area contributed by atoms with E-state index in [1.54, 1.807) is 16.0 Å². The molecule has 146 valence electrons. The molecule has 7 heteroatoms.